The van der Waals surface area contributed by atoms with Crippen LogP contribution in [-0.4, -0.2) is 56.2 Å². The molecule has 0 saturated carbocycles. The van der Waals surface area contributed by atoms with Gasteiger partial charge < -0.3 is 14.8 Å². The van der Waals surface area contributed by atoms with Gasteiger partial charge >= 0.3 is 11.9 Å². The quantitative estimate of drug-likeness (QED) is 0.638. The van der Waals surface area contributed by atoms with Gasteiger partial charge in [0.1, 0.15) is 0 Å². The van der Waals surface area contributed by atoms with Crippen LogP contribution < -0.4 is 5.32 Å². The fraction of sp³-hybridized carbons (Fsp3) is 0.526. The molecule has 0 unspecified atom stereocenters. The first-order valence-corrected chi connectivity index (χ1v) is 8.86. The van der Waals surface area contributed by atoms with Crippen molar-refractivity contribution in [1.29, 1.82) is 5.26 Å². The van der Waals surface area contributed by atoms with E-state index in [2.05, 4.69) is 11.4 Å². The van der Waals surface area contributed by atoms with Crippen molar-refractivity contribution in [2.45, 2.75) is 27.7 Å². The lowest BCUT2D eigenvalue weighted by Crippen LogP contribution is -2.39. The minimum Gasteiger partial charge on any atom is -0.465 e. The van der Waals surface area contributed by atoms with Crippen LogP contribution in [0.5, 0.6) is 0 Å². The number of nitrogens with one attached hydrogen (secondary N) is 1. The first-order chi connectivity index (χ1) is 12.6. The van der Waals surface area contributed by atoms with Crippen molar-refractivity contribution in [2.24, 2.45) is 0 Å². The van der Waals surface area contributed by atoms with Crippen molar-refractivity contribution < 1.29 is 19.1 Å². The topological polar surface area (TPSA) is 91.7 Å². The predicted molar refractivity (Wildman–Crippen MR) is 101 cm³/mol. The van der Waals surface area contributed by atoms with Crippen molar-refractivity contribution >= 4 is 17.6 Å². The third-order valence-corrected chi connectivity index (χ3v) is 3.09. The van der Waals surface area contributed by atoms with Crippen LogP contribution in [0.2, 0.25) is 0 Å². The summed E-state index contributed by atoms with van der Waals surface area (Å²) in [5.41, 5.74) is 1.45. The molecule has 1 aromatic rings. The Labute approximate surface area is 155 Å². The summed E-state index contributed by atoms with van der Waals surface area (Å²) in [6.07, 6.45) is 0. The molecule has 0 aliphatic carbocycles. The van der Waals surface area contributed by atoms with Crippen molar-refractivity contribution in [1.82, 2.24) is 4.90 Å². The highest BCUT2D eigenvalue weighted by molar-refractivity contribution is 5.75. The third-order valence-electron chi connectivity index (χ3n) is 3.09. The predicted octanol–water partition coefficient (Wildman–Crippen LogP) is 2.42. The second-order valence-corrected chi connectivity index (χ2v) is 4.94. The maximum atomic E-state index is 11.6. The molecule has 1 N–H and O–H groups in total. The minimum atomic E-state index is -0.375. The summed E-state index contributed by atoms with van der Waals surface area (Å²) < 4.78 is 9.84. The minimum absolute atomic E-state index is 0.0295. The molecule has 0 fully saturated rings. The number of carbonyl (C=O) groups is 2. The number of hydrogen-bond acceptors (Lipinski definition) is 7. The van der Waals surface area contributed by atoms with Gasteiger partial charge in [0.05, 0.1) is 37.9 Å². The summed E-state index contributed by atoms with van der Waals surface area (Å²) >= 11 is 0. The Morgan fingerprint density at radius 2 is 1.54 bits per heavy atom. The van der Waals surface area contributed by atoms with Crippen LogP contribution in [0.25, 0.3) is 0 Å². The van der Waals surface area contributed by atoms with E-state index in [0.29, 0.717) is 31.9 Å². The van der Waals surface area contributed by atoms with Gasteiger partial charge in [0.25, 0.3) is 0 Å². The summed E-state index contributed by atoms with van der Waals surface area (Å²) in [7, 11) is 0. The lowest BCUT2D eigenvalue weighted by Gasteiger charge is -2.20. The Morgan fingerprint density at radius 1 is 1.04 bits per heavy atom. The van der Waals surface area contributed by atoms with Crippen LogP contribution in [0.3, 0.4) is 0 Å². The highest BCUT2D eigenvalue weighted by Gasteiger charge is 2.15. The molecular formula is C19H29N3O4. The number of esters is 2. The van der Waals surface area contributed by atoms with Crippen LogP contribution in [0.15, 0.2) is 24.3 Å². The largest absolute Gasteiger partial charge is 0.465 e. The van der Waals surface area contributed by atoms with E-state index >= 15 is 0 Å². The van der Waals surface area contributed by atoms with Crippen LogP contribution in [0.4, 0.5) is 5.69 Å². The maximum absolute atomic E-state index is 11.6. The zero-order valence-corrected chi connectivity index (χ0v) is 16.1. The van der Waals surface area contributed by atoms with Crippen molar-refractivity contribution in [3.8, 4) is 6.07 Å². The van der Waals surface area contributed by atoms with Gasteiger partial charge in [-0.2, -0.15) is 5.26 Å². The Balaban J connectivity index is 0.00000301. The van der Waals surface area contributed by atoms with E-state index in [1.165, 1.54) is 0 Å². The van der Waals surface area contributed by atoms with Gasteiger partial charge in [-0.05, 0) is 38.1 Å². The normalized spacial score (nSPS) is 9.54. The van der Waals surface area contributed by atoms with E-state index in [4.69, 9.17) is 14.7 Å². The van der Waals surface area contributed by atoms with Gasteiger partial charge in [-0.3, -0.25) is 14.5 Å². The molecule has 1 rings (SSSR count). The van der Waals surface area contributed by atoms with Crippen LogP contribution in [0.1, 0.15) is 33.3 Å². The lowest BCUT2D eigenvalue weighted by atomic mass is 10.2. The molecule has 1 aromatic carbocycles. The average Bonchev–Trinajstić information content (AvgIpc) is 2.64. The molecule has 144 valence electrons. The molecule has 0 spiro atoms. The molecule has 0 aromatic heterocycles. The van der Waals surface area contributed by atoms with Crippen molar-refractivity contribution in [2.75, 3.05) is 44.7 Å². The molecule has 0 radical (unpaired) electrons. The standard InChI is InChI=1S/C17H23N3O4.C2H6/c1-3-23-16(21)12-20(13-17(22)24-4-2)10-9-19-15-7-5-14(11-18)6-8-15;1-2/h5-8,19H,3-4,9-10,12-13H2,1-2H3;1-2H3. The van der Waals surface area contributed by atoms with Crippen LogP contribution in [0, 0.1) is 11.3 Å². The molecule has 0 saturated heterocycles. The van der Waals surface area contributed by atoms with Gasteiger partial charge in [0.15, 0.2) is 0 Å². The Bertz CT molecular complexity index is 547. The smallest absolute Gasteiger partial charge is 0.320 e. The molecule has 0 bridgehead atoms. The third kappa shape index (κ3) is 10.3. The number of rotatable bonds is 10. The fourth-order valence-electron chi connectivity index (χ4n) is 2.01. The van der Waals surface area contributed by atoms with Crippen LogP contribution >= 0.6 is 0 Å². The number of ether oxygens (including phenoxy) is 2. The summed E-state index contributed by atoms with van der Waals surface area (Å²) in [6, 6.07) is 9.11. The SMILES string of the molecule is CC.CCOC(=O)CN(CCNc1ccc(C#N)cc1)CC(=O)OCC. The molecule has 0 amide bonds. The van der Waals surface area contributed by atoms with Gasteiger partial charge in [-0.1, -0.05) is 13.8 Å². The highest BCUT2D eigenvalue weighted by atomic mass is 16.5. The van der Waals surface area contributed by atoms with Crippen LogP contribution in [-0.2, 0) is 19.1 Å². The molecule has 0 heterocycles. The molecule has 7 heteroatoms. The number of benzene rings is 1. The summed E-state index contributed by atoms with van der Waals surface area (Å²) in [5, 5.41) is 11.9. The van der Waals surface area contributed by atoms with Gasteiger partial charge in [0, 0.05) is 18.8 Å². The van der Waals surface area contributed by atoms with E-state index in [1.807, 2.05) is 13.8 Å². The highest BCUT2D eigenvalue weighted by Crippen LogP contribution is 2.08. The zero-order chi connectivity index (χ0) is 19.8. The Morgan fingerprint density at radius 3 is 1.96 bits per heavy atom. The second kappa shape index (κ2) is 14.7. The van der Waals surface area contributed by atoms with E-state index in [1.54, 1.807) is 43.0 Å². The van der Waals surface area contributed by atoms with Gasteiger partial charge in [0.2, 0.25) is 0 Å². The first-order valence-electron chi connectivity index (χ1n) is 8.86. The average molecular weight is 363 g/mol. The fourth-order valence-corrected chi connectivity index (χ4v) is 2.01. The Hall–Kier alpha value is -2.59. The summed E-state index contributed by atoms with van der Waals surface area (Å²) in [4.78, 5) is 24.9. The van der Waals surface area contributed by atoms with E-state index in [9.17, 15) is 9.59 Å². The number of nitriles is 1. The molecule has 0 aliphatic heterocycles. The number of hydrogen-bond donors (Lipinski definition) is 1. The summed E-state index contributed by atoms with van der Waals surface area (Å²) in [5.74, 6) is -0.750. The van der Waals surface area contributed by atoms with Crippen molar-refractivity contribution in [3.05, 3.63) is 29.8 Å². The first kappa shape index (κ1) is 23.4. The summed E-state index contributed by atoms with van der Waals surface area (Å²) in [6.45, 7) is 9.14. The molecule has 26 heavy (non-hydrogen) atoms. The number of nitrogens with zero attached hydrogens (tertiary/aromatic N) is 2. The monoisotopic (exact) mass is 363 g/mol. The molecule has 0 atom stereocenters. The number of anilines is 1. The maximum Gasteiger partial charge on any atom is 0.320 e. The second-order valence-electron chi connectivity index (χ2n) is 4.94. The van der Waals surface area contributed by atoms with Gasteiger partial charge in [-0.15, -0.1) is 0 Å². The van der Waals surface area contributed by atoms with Gasteiger partial charge in [-0.25, -0.2) is 0 Å². The Kier molecular flexibility index (Phi) is 13.3. The molecule has 7 nitrogen and oxygen atoms in total. The lowest BCUT2D eigenvalue weighted by molar-refractivity contribution is -0.148. The van der Waals surface area contributed by atoms with E-state index in [-0.39, 0.29) is 25.0 Å². The molecule has 0 aliphatic rings. The molecular weight excluding hydrogens is 334 g/mol. The zero-order valence-electron chi connectivity index (χ0n) is 16.1. The number of carbonyl (C=O) groups excluding carboxylic acids is 2. The van der Waals surface area contributed by atoms with E-state index < -0.39 is 0 Å². The van der Waals surface area contributed by atoms with E-state index in [0.717, 1.165) is 5.69 Å². The van der Waals surface area contributed by atoms with Crippen molar-refractivity contribution in [3.63, 3.8) is 0 Å².